The van der Waals surface area contributed by atoms with Gasteiger partial charge in [-0.3, -0.25) is 0 Å². The van der Waals surface area contributed by atoms with E-state index in [-0.39, 0.29) is 6.73 Å². The van der Waals surface area contributed by atoms with Crippen LogP contribution in [0.5, 0.6) is 0 Å². The highest BCUT2D eigenvalue weighted by molar-refractivity contribution is 7.67. The van der Waals surface area contributed by atoms with Crippen molar-refractivity contribution in [3.8, 4) is 0 Å². The first-order valence-corrected chi connectivity index (χ1v) is 2.51. The zero-order chi connectivity index (χ0) is 5.70. The van der Waals surface area contributed by atoms with E-state index in [1.807, 2.05) is 0 Å². The lowest BCUT2D eigenvalue weighted by Gasteiger charge is -1.86. The average molecular weight is 127 g/mol. The van der Waals surface area contributed by atoms with Gasteiger partial charge in [0.2, 0.25) is 0 Å². The van der Waals surface area contributed by atoms with Gasteiger partial charge in [-0.05, 0) is 0 Å². The van der Waals surface area contributed by atoms with E-state index in [0.717, 1.165) is 0 Å². The topological polar surface area (TPSA) is 78.6 Å². The molecular formula is CH5NO4S. The van der Waals surface area contributed by atoms with E-state index in [4.69, 9.17) is 0 Å². The van der Waals surface area contributed by atoms with Crippen molar-refractivity contribution in [1.82, 2.24) is 0 Å². The van der Waals surface area contributed by atoms with Crippen molar-refractivity contribution >= 4 is 11.0 Å². The van der Waals surface area contributed by atoms with Crippen LogP contribution in [0.4, 0.5) is 0 Å². The number of rotatable bonds is 3. The highest BCUT2D eigenvalue weighted by Gasteiger charge is 1.78. The van der Waals surface area contributed by atoms with E-state index < -0.39 is 11.0 Å². The van der Waals surface area contributed by atoms with Crippen LogP contribution in [0.3, 0.4) is 0 Å². The molecule has 0 unspecified atom stereocenters. The predicted molar refractivity (Wildman–Crippen MR) is 21.5 cm³/mol. The second-order valence-corrected chi connectivity index (χ2v) is 1.18. The summed E-state index contributed by atoms with van der Waals surface area (Å²) in [6.07, 6.45) is 0. The van der Waals surface area contributed by atoms with Gasteiger partial charge in [0.15, 0.2) is 0 Å². The summed E-state index contributed by atoms with van der Waals surface area (Å²) in [5.41, 5.74) is 4.66. The highest BCUT2D eigenvalue weighted by Crippen LogP contribution is 1.69. The van der Waals surface area contributed by atoms with Crippen LogP contribution >= 0.6 is 0 Å². The Bertz CT molecular complexity index is 89.9. The summed E-state index contributed by atoms with van der Waals surface area (Å²) in [6, 6.07) is 0. The van der Waals surface area contributed by atoms with Crippen LogP contribution in [0, 0.1) is 0 Å². The van der Waals surface area contributed by atoms with Gasteiger partial charge in [-0.2, -0.15) is 0 Å². The predicted octanol–water partition coefficient (Wildman–Crippen LogP) is -1.62. The van der Waals surface area contributed by atoms with Gasteiger partial charge in [0.25, 0.3) is 11.0 Å². The molecule has 0 fully saturated rings. The van der Waals surface area contributed by atoms with Crippen LogP contribution in [0.15, 0.2) is 0 Å². The van der Waals surface area contributed by atoms with Crippen molar-refractivity contribution in [2.24, 2.45) is 5.73 Å². The van der Waals surface area contributed by atoms with E-state index >= 15 is 0 Å². The molecule has 2 N–H and O–H groups in total. The van der Waals surface area contributed by atoms with Gasteiger partial charge in [0, 0.05) is 0 Å². The maximum Gasteiger partial charge on any atom is 0.283 e. The molecule has 5 nitrogen and oxygen atoms in total. The smallest absolute Gasteiger partial charge is 0.283 e. The minimum Gasteiger partial charge on any atom is -0.306 e. The summed E-state index contributed by atoms with van der Waals surface area (Å²) >= 11 is 0. The number of hydrogen-bond acceptors (Lipinski definition) is 5. The summed E-state index contributed by atoms with van der Waals surface area (Å²) in [6.45, 7) is -0.261. The van der Waals surface area contributed by atoms with Gasteiger partial charge in [-0.1, -0.05) is 0 Å². The molecule has 0 aliphatic carbocycles. The fraction of sp³-hybridized carbons (Fsp3) is 1.00. The molecule has 0 atom stereocenters. The first-order valence-electron chi connectivity index (χ1n) is 1.41. The first-order chi connectivity index (χ1) is 3.27. The molecule has 44 valence electrons. The summed E-state index contributed by atoms with van der Waals surface area (Å²) in [5, 5.41) is 0. The van der Waals surface area contributed by atoms with E-state index in [9.17, 15) is 8.42 Å². The number of nitrogens with two attached hydrogens (primary N) is 1. The lowest BCUT2D eigenvalue weighted by molar-refractivity contribution is -0.195. The molecule has 0 saturated heterocycles. The molecule has 7 heavy (non-hydrogen) atoms. The Morgan fingerprint density at radius 3 is 2.29 bits per heavy atom. The van der Waals surface area contributed by atoms with E-state index in [1.165, 1.54) is 0 Å². The molecule has 0 radical (unpaired) electrons. The fourth-order valence-electron chi connectivity index (χ4n) is 0.0735. The van der Waals surface area contributed by atoms with E-state index in [1.54, 1.807) is 0 Å². The molecule has 0 aliphatic heterocycles. The molecule has 0 rings (SSSR count). The molecule has 6 heteroatoms. The Balaban J connectivity index is 2.98. The largest absolute Gasteiger partial charge is 0.306 e. The van der Waals surface area contributed by atoms with Crippen LogP contribution in [0.1, 0.15) is 0 Å². The molecule has 0 aliphatic rings. The number of hydrogen-bond donors (Lipinski definition) is 2. The van der Waals surface area contributed by atoms with Crippen molar-refractivity contribution in [2.45, 2.75) is 0 Å². The molecule has 0 aromatic rings. The van der Waals surface area contributed by atoms with Gasteiger partial charge >= 0.3 is 0 Å². The summed E-state index contributed by atoms with van der Waals surface area (Å²) < 4.78 is 22.3. The van der Waals surface area contributed by atoms with Crippen LogP contribution < -0.4 is 5.73 Å². The Morgan fingerprint density at radius 2 is 2.14 bits per heavy atom. The normalized spacial score (nSPS) is 10.0. The van der Waals surface area contributed by atoms with E-state index in [2.05, 4.69) is 15.0 Å². The lowest BCUT2D eigenvalue weighted by atomic mass is 11.4. The van der Waals surface area contributed by atoms with Gasteiger partial charge in [-0.15, -0.1) is 4.33 Å². The van der Waals surface area contributed by atoms with Crippen LogP contribution in [0.2, 0.25) is 0 Å². The standard InChI is InChI=1S/CH5NO4S/c2-1-5-6-7(3)4/h7H,1-2H2. The van der Waals surface area contributed by atoms with Gasteiger partial charge in [0.05, 0.1) is 0 Å². The third-order valence-electron chi connectivity index (χ3n) is 0.182. The van der Waals surface area contributed by atoms with Crippen molar-refractivity contribution in [3.63, 3.8) is 0 Å². The minimum absolute atomic E-state index is 0.261. The highest BCUT2D eigenvalue weighted by atomic mass is 32.2. The molecular weight excluding hydrogens is 122 g/mol. The van der Waals surface area contributed by atoms with Gasteiger partial charge < -0.3 is 5.73 Å². The van der Waals surface area contributed by atoms with Crippen LogP contribution in [-0.2, 0) is 20.2 Å². The zero-order valence-electron chi connectivity index (χ0n) is 3.36. The van der Waals surface area contributed by atoms with Crippen molar-refractivity contribution in [2.75, 3.05) is 6.73 Å². The summed E-state index contributed by atoms with van der Waals surface area (Å²) in [4.78, 5) is 3.78. The Hall–Kier alpha value is -0.170. The molecule has 0 heterocycles. The average Bonchev–Trinajstić information content (AvgIpc) is 1.61. The maximum atomic E-state index is 9.39. The maximum absolute atomic E-state index is 9.39. The molecule has 0 saturated carbocycles. The monoisotopic (exact) mass is 127 g/mol. The molecule has 0 spiro atoms. The lowest BCUT2D eigenvalue weighted by Crippen LogP contribution is -2.03. The van der Waals surface area contributed by atoms with Crippen molar-refractivity contribution in [1.29, 1.82) is 0 Å². The Labute approximate surface area is 42.1 Å². The fourth-order valence-corrected chi connectivity index (χ4v) is 0.220. The molecule has 0 aromatic carbocycles. The van der Waals surface area contributed by atoms with Crippen LogP contribution in [-0.4, -0.2) is 15.1 Å². The second kappa shape index (κ2) is 4.00. The molecule has 0 amide bonds. The quantitative estimate of drug-likeness (QED) is 0.206. The van der Waals surface area contributed by atoms with Crippen molar-refractivity contribution < 1.29 is 17.6 Å². The van der Waals surface area contributed by atoms with Crippen molar-refractivity contribution in [3.05, 3.63) is 0 Å². The molecule has 0 aromatic heterocycles. The first kappa shape index (κ1) is 6.83. The minimum atomic E-state index is -2.91. The molecule has 0 bridgehead atoms. The third kappa shape index (κ3) is 5.83. The SMILES string of the molecule is NCOO[SH](=O)=O. The van der Waals surface area contributed by atoms with E-state index in [0.29, 0.717) is 0 Å². The zero-order valence-corrected chi connectivity index (χ0v) is 4.26. The van der Waals surface area contributed by atoms with Gasteiger partial charge in [0.1, 0.15) is 6.73 Å². The summed E-state index contributed by atoms with van der Waals surface area (Å²) in [5.74, 6) is 0. The Morgan fingerprint density at radius 1 is 1.57 bits per heavy atom. The number of thiol groups is 1. The van der Waals surface area contributed by atoms with Crippen LogP contribution in [0.25, 0.3) is 0 Å². The Kier molecular flexibility index (Phi) is 3.90. The third-order valence-corrected chi connectivity index (χ3v) is 0.409. The summed E-state index contributed by atoms with van der Waals surface area (Å²) in [7, 11) is -2.91. The second-order valence-electron chi connectivity index (χ2n) is 0.583. The van der Waals surface area contributed by atoms with Gasteiger partial charge in [-0.25, -0.2) is 13.3 Å².